The van der Waals surface area contributed by atoms with Crippen molar-refractivity contribution in [3.8, 4) is 5.75 Å². The summed E-state index contributed by atoms with van der Waals surface area (Å²) in [6.07, 6.45) is 1.67. The minimum atomic E-state index is -0.490. The van der Waals surface area contributed by atoms with E-state index in [0.717, 1.165) is 0 Å². The molecule has 0 radical (unpaired) electrons. The molecule has 0 aliphatic carbocycles. The van der Waals surface area contributed by atoms with Gasteiger partial charge in [0, 0.05) is 18.8 Å². The van der Waals surface area contributed by atoms with E-state index in [1.54, 1.807) is 25.4 Å². The van der Waals surface area contributed by atoms with Crippen LogP contribution in [-0.2, 0) is 18.4 Å². The van der Waals surface area contributed by atoms with Crippen LogP contribution in [-0.4, -0.2) is 28.1 Å². The minimum Gasteiger partial charge on any atom is -0.497 e. The van der Waals surface area contributed by atoms with Crippen LogP contribution < -0.4 is 10.5 Å². The highest BCUT2D eigenvalue weighted by atomic mass is 16.5. The Hall–Kier alpha value is -2.57. The van der Waals surface area contributed by atoms with Crippen molar-refractivity contribution in [3.05, 3.63) is 35.7 Å². The van der Waals surface area contributed by atoms with Gasteiger partial charge in [0.1, 0.15) is 18.1 Å². The molecule has 7 nitrogen and oxygen atoms in total. The van der Waals surface area contributed by atoms with Gasteiger partial charge in [0.25, 0.3) is 0 Å². The molecule has 2 aromatic rings. The number of aryl methyl sites for hydroxylation is 1. The molecule has 0 saturated heterocycles. The molecule has 2 rings (SSSR count). The number of carbonyl (C=O) groups excluding carboxylic acids is 1. The molecule has 100 valence electrons. The summed E-state index contributed by atoms with van der Waals surface area (Å²) < 4.78 is 11.7. The monoisotopic (exact) mass is 262 g/mol. The molecule has 0 fully saturated rings. The van der Waals surface area contributed by atoms with Gasteiger partial charge in [0.15, 0.2) is 0 Å². The van der Waals surface area contributed by atoms with Gasteiger partial charge in [-0.25, -0.2) is 4.79 Å². The van der Waals surface area contributed by atoms with Gasteiger partial charge in [-0.1, -0.05) is 5.21 Å². The number of nitrogen functional groups attached to an aromatic ring is 1. The lowest BCUT2D eigenvalue weighted by Gasteiger charge is -2.06. The predicted molar refractivity (Wildman–Crippen MR) is 67.5 cm³/mol. The molecule has 0 atom stereocenters. The largest absolute Gasteiger partial charge is 0.497 e. The van der Waals surface area contributed by atoms with Gasteiger partial charge in [-0.2, -0.15) is 0 Å². The van der Waals surface area contributed by atoms with Gasteiger partial charge < -0.3 is 15.2 Å². The minimum absolute atomic E-state index is 0.0593. The molecule has 0 aliphatic heterocycles. The fourth-order valence-corrected chi connectivity index (χ4v) is 1.54. The Bertz CT molecular complexity index is 594. The number of ether oxygens (including phenoxy) is 2. The summed E-state index contributed by atoms with van der Waals surface area (Å²) in [5, 5.41) is 7.56. The Labute approximate surface area is 109 Å². The second kappa shape index (κ2) is 5.38. The fraction of sp³-hybridized carbons (Fsp3) is 0.250. The number of rotatable bonds is 4. The maximum Gasteiger partial charge on any atom is 0.338 e. The third-order valence-electron chi connectivity index (χ3n) is 2.40. The zero-order chi connectivity index (χ0) is 13.8. The highest BCUT2D eigenvalue weighted by molar-refractivity contribution is 5.91. The van der Waals surface area contributed by atoms with Crippen molar-refractivity contribution in [2.75, 3.05) is 12.8 Å². The Kier molecular flexibility index (Phi) is 3.65. The van der Waals surface area contributed by atoms with Crippen molar-refractivity contribution < 1.29 is 14.3 Å². The van der Waals surface area contributed by atoms with E-state index in [-0.39, 0.29) is 6.61 Å². The van der Waals surface area contributed by atoms with E-state index >= 15 is 0 Å². The average Bonchev–Trinajstić information content (AvgIpc) is 2.81. The van der Waals surface area contributed by atoms with Crippen LogP contribution in [0, 0.1) is 0 Å². The normalized spacial score (nSPS) is 10.2. The smallest absolute Gasteiger partial charge is 0.338 e. The number of anilines is 1. The van der Waals surface area contributed by atoms with E-state index in [4.69, 9.17) is 15.2 Å². The van der Waals surface area contributed by atoms with E-state index < -0.39 is 5.97 Å². The van der Waals surface area contributed by atoms with Crippen molar-refractivity contribution >= 4 is 11.7 Å². The molecule has 0 spiro atoms. The first-order chi connectivity index (χ1) is 9.08. The standard InChI is InChI=1S/C12H14N4O3/c1-16-6-10(14-15-16)7-19-12(17)8-3-9(13)5-11(4-8)18-2/h3-6H,7,13H2,1-2H3. The molecular formula is C12H14N4O3. The first-order valence-electron chi connectivity index (χ1n) is 5.55. The van der Waals surface area contributed by atoms with E-state index in [0.29, 0.717) is 22.7 Å². The van der Waals surface area contributed by atoms with Gasteiger partial charge in [-0.15, -0.1) is 5.10 Å². The Morgan fingerprint density at radius 2 is 2.21 bits per heavy atom. The molecule has 1 heterocycles. The third kappa shape index (κ3) is 3.21. The summed E-state index contributed by atoms with van der Waals surface area (Å²) in [5.41, 5.74) is 7.02. The van der Waals surface area contributed by atoms with Crippen LogP contribution in [0.5, 0.6) is 5.75 Å². The van der Waals surface area contributed by atoms with Crippen molar-refractivity contribution in [1.29, 1.82) is 0 Å². The number of benzene rings is 1. The molecule has 0 amide bonds. The van der Waals surface area contributed by atoms with Crippen LogP contribution in [0.25, 0.3) is 0 Å². The lowest BCUT2D eigenvalue weighted by atomic mass is 10.2. The summed E-state index contributed by atoms with van der Waals surface area (Å²) in [7, 11) is 3.24. The van der Waals surface area contributed by atoms with Crippen LogP contribution in [0.2, 0.25) is 0 Å². The quantitative estimate of drug-likeness (QED) is 0.646. The molecule has 1 aromatic heterocycles. The van der Waals surface area contributed by atoms with Crippen LogP contribution in [0.1, 0.15) is 16.1 Å². The second-order valence-corrected chi connectivity index (χ2v) is 3.95. The predicted octanol–water partition coefficient (Wildman–Crippen LogP) is 0.763. The molecular weight excluding hydrogens is 248 g/mol. The second-order valence-electron chi connectivity index (χ2n) is 3.95. The molecule has 0 bridgehead atoms. The van der Waals surface area contributed by atoms with Crippen LogP contribution >= 0.6 is 0 Å². The molecule has 0 unspecified atom stereocenters. The van der Waals surface area contributed by atoms with Gasteiger partial charge in [-0.3, -0.25) is 4.68 Å². The van der Waals surface area contributed by atoms with Gasteiger partial charge >= 0.3 is 5.97 Å². The van der Waals surface area contributed by atoms with E-state index in [2.05, 4.69) is 10.3 Å². The third-order valence-corrected chi connectivity index (χ3v) is 2.40. The van der Waals surface area contributed by atoms with Crippen molar-refractivity contribution in [2.24, 2.45) is 7.05 Å². The maximum absolute atomic E-state index is 11.9. The van der Waals surface area contributed by atoms with E-state index in [9.17, 15) is 4.79 Å². The Morgan fingerprint density at radius 3 is 2.84 bits per heavy atom. The SMILES string of the molecule is COc1cc(N)cc(C(=O)OCc2cn(C)nn2)c1. The molecule has 2 N–H and O–H groups in total. The number of hydrogen-bond donors (Lipinski definition) is 1. The number of hydrogen-bond acceptors (Lipinski definition) is 6. The lowest BCUT2D eigenvalue weighted by Crippen LogP contribution is -2.06. The van der Waals surface area contributed by atoms with Crippen LogP contribution in [0.15, 0.2) is 24.4 Å². The molecule has 0 saturated carbocycles. The average molecular weight is 262 g/mol. The Balaban J connectivity index is 2.05. The number of aromatic nitrogens is 3. The highest BCUT2D eigenvalue weighted by Crippen LogP contribution is 2.19. The number of esters is 1. The fourth-order valence-electron chi connectivity index (χ4n) is 1.54. The van der Waals surface area contributed by atoms with Crippen molar-refractivity contribution in [2.45, 2.75) is 6.61 Å². The van der Waals surface area contributed by atoms with Crippen molar-refractivity contribution in [3.63, 3.8) is 0 Å². The number of nitrogens with zero attached hydrogens (tertiary/aromatic N) is 3. The summed E-state index contributed by atoms with van der Waals surface area (Å²) in [5.74, 6) is 0.0164. The van der Waals surface area contributed by atoms with Gasteiger partial charge in [-0.05, 0) is 12.1 Å². The first kappa shape index (κ1) is 12.9. The van der Waals surface area contributed by atoms with Crippen molar-refractivity contribution in [1.82, 2.24) is 15.0 Å². The number of methoxy groups -OCH3 is 1. The summed E-state index contributed by atoms with van der Waals surface area (Å²) in [6, 6.07) is 4.72. The van der Waals surface area contributed by atoms with E-state index in [1.807, 2.05) is 0 Å². The lowest BCUT2D eigenvalue weighted by molar-refractivity contribution is 0.0467. The Morgan fingerprint density at radius 1 is 1.42 bits per heavy atom. The summed E-state index contributed by atoms with van der Waals surface area (Å²) in [4.78, 5) is 11.9. The zero-order valence-corrected chi connectivity index (χ0v) is 10.7. The molecule has 19 heavy (non-hydrogen) atoms. The highest BCUT2D eigenvalue weighted by Gasteiger charge is 2.11. The van der Waals surface area contributed by atoms with Gasteiger partial charge in [0.05, 0.1) is 18.9 Å². The first-order valence-corrected chi connectivity index (χ1v) is 5.55. The molecule has 7 heteroatoms. The van der Waals surface area contributed by atoms with Crippen LogP contribution in [0.4, 0.5) is 5.69 Å². The summed E-state index contributed by atoms with van der Waals surface area (Å²) >= 11 is 0. The zero-order valence-electron chi connectivity index (χ0n) is 10.7. The number of carbonyl (C=O) groups is 1. The topological polar surface area (TPSA) is 92.3 Å². The van der Waals surface area contributed by atoms with Gasteiger partial charge in [0.2, 0.25) is 0 Å². The van der Waals surface area contributed by atoms with E-state index in [1.165, 1.54) is 17.9 Å². The van der Waals surface area contributed by atoms with Crippen LogP contribution in [0.3, 0.4) is 0 Å². The molecule has 1 aromatic carbocycles. The number of nitrogens with two attached hydrogens (primary N) is 1. The summed E-state index contributed by atoms with van der Waals surface area (Å²) in [6.45, 7) is 0.0593. The molecule has 0 aliphatic rings. The maximum atomic E-state index is 11.9.